The fourth-order valence-corrected chi connectivity index (χ4v) is 3.87. The SMILES string of the molecule is CSc1ccc(N(C)C(N)=Nc2ccc3c4c(cccc24)CC3)cc1. The van der Waals surface area contributed by atoms with Crippen molar-refractivity contribution in [1.29, 1.82) is 0 Å². The highest BCUT2D eigenvalue weighted by Gasteiger charge is 2.16. The van der Waals surface area contributed by atoms with Crippen molar-refractivity contribution in [1.82, 2.24) is 0 Å². The number of anilines is 1. The largest absolute Gasteiger partial charge is 0.369 e. The summed E-state index contributed by atoms with van der Waals surface area (Å²) in [5.41, 5.74) is 11.1. The highest BCUT2D eigenvalue weighted by Crippen LogP contribution is 2.36. The number of guanidine groups is 1. The fraction of sp³-hybridized carbons (Fsp3) is 0.190. The number of aliphatic imine (C=N–C) groups is 1. The van der Waals surface area contributed by atoms with Gasteiger partial charge in [0.05, 0.1) is 5.69 Å². The lowest BCUT2D eigenvalue weighted by Crippen LogP contribution is -2.33. The Morgan fingerprint density at radius 1 is 1.00 bits per heavy atom. The Morgan fingerprint density at radius 2 is 1.72 bits per heavy atom. The Morgan fingerprint density at radius 3 is 2.44 bits per heavy atom. The fourth-order valence-electron chi connectivity index (χ4n) is 3.47. The van der Waals surface area contributed by atoms with Gasteiger partial charge in [-0.15, -0.1) is 11.8 Å². The maximum absolute atomic E-state index is 6.31. The van der Waals surface area contributed by atoms with Crippen LogP contribution in [0.15, 0.2) is 64.5 Å². The van der Waals surface area contributed by atoms with E-state index in [1.54, 1.807) is 11.8 Å². The molecule has 0 heterocycles. The predicted octanol–water partition coefficient (Wildman–Crippen LogP) is 4.74. The minimum Gasteiger partial charge on any atom is -0.369 e. The van der Waals surface area contributed by atoms with Crippen LogP contribution >= 0.6 is 11.8 Å². The van der Waals surface area contributed by atoms with Crippen LogP contribution in [-0.4, -0.2) is 19.3 Å². The van der Waals surface area contributed by atoms with Gasteiger partial charge in [-0.25, -0.2) is 4.99 Å². The Balaban J connectivity index is 1.71. The second-order valence-electron chi connectivity index (χ2n) is 6.31. The molecular formula is C21H21N3S. The molecule has 0 saturated carbocycles. The smallest absolute Gasteiger partial charge is 0.200 e. The van der Waals surface area contributed by atoms with Gasteiger partial charge in [-0.1, -0.05) is 24.3 Å². The second kappa shape index (κ2) is 6.45. The van der Waals surface area contributed by atoms with Gasteiger partial charge in [0.25, 0.3) is 0 Å². The van der Waals surface area contributed by atoms with Gasteiger partial charge in [0, 0.05) is 23.0 Å². The highest BCUT2D eigenvalue weighted by molar-refractivity contribution is 7.98. The third-order valence-corrected chi connectivity index (χ3v) is 5.64. The lowest BCUT2D eigenvalue weighted by atomic mass is 10.0. The summed E-state index contributed by atoms with van der Waals surface area (Å²) in [6, 6.07) is 19.1. The third kappa shape index (κ3) is 2.87. The van der Waals surface area contributed by atoms with Crippen LogP contribution in [0.4, 0.5) is 11.4 Å². The van der Waals surface area contributed by atoms with E-state index in [1.807, 2.05) is 11.9 Å². The van der Waals surface area contributed by atoms with E-state index in [0.29, 0.717) is 5.96 Å². The molecule has 0 bridgehead atoms. The van der Waals surface area contributed by atoms with E-state index in [9.17, 15) is 0 Å². The number of hydrogen-bond acceptors (Lipinski definition) is 2. The molecular weight excluding hydrogens is 326 g/mol. The Bertz CT molecular complexity index is 951. The summed E-state index contributed by atoms with van der Waals surface area (Å²) in [5, 5.41) is 2.56. The summed E-state index contributed by atoms with van der Waals surface area (Å²) in [6.45, 7) is 0. The number of aryl methyl sites for hydroxylation is 2. The molecule has 0 fully saturated rings. The molecule has 25 heavy (non-hydrogen) atoms. The number of thioether (sulfide) groups is 1. The van der Waals surface area contributed by atoms with Gasteiger partial charge in [0.15, 0.2) is 0 Å². The minimum atomic E-state index is 0.496. The lowest BCUT2D eigenvalue weighted by Gasteiger charge is -2.18. The molecule has 2 N–H and O–H groups in total. The minimum absolute atomic E-state index is 0.496. The van der Waals surface area contributed by atoms with Crippen LogP contribution < -0.4 is 10.6 Å². The van der Waals surface area contributed by atoms with Gasteiger partial charge >= 0.3 is 0 Å². The zero-order valence-corrected chi connectivity index (χ0v) is 15.3. The predicted molar refractivity (Wildman–Crippen MR) is 109 cm³/mol. The Labute approximate surface area is 152 Å². The summed E-state index contributed by atoms with van der Waals surface area (Å²) in [6.07, 6.45) is 4.32. The normalized spacial score (nSPS) is 13.4. The van der Waals surface area contributed by atoms with Crippen molar-refractivity contribution in [2.45, 2.75) is 17.7 Å². The maximum Gasteiger partial charge on any atom is 0.200 e. The van der Waals surface area contributed by atoms with Gasteiger partial charge in [0.2, 0.25) is 5.96 Å². The van der Waals surface area contributed by atoms with Gasteiger partial charge in [-0.05, 0) is 65.9 Å². The molecule has 0 spiro atoms. The first-order valence-electron chi connectivity index (χ1n) is 8.43. The van der Waals surface area contributed by atoms with E-state index in [1.165, 1.54) is 26.8 Å². The molecule has 3 aromatic rings. The maximum atomic E-state index is 6.31. The summed E-state index contributed by atoms with van der Waals surface area (Å²) in [5.74, 6) is 0.496. The van der Waals surface area contributed by atoms with Crippen molar-refractivity contribution < 1.29 is 0 Å². The molecule has 0 aliphatic heterocycles. The molecule has 3 nitrogen and oxygen atoms in total. The van der Waals surface area contributed by atoms with Crippen LogP contribution in [0.3, 0.4) is 0 Å². The molecule has 126 valence electrons. The molecule has 0 saturated heterocycles. The third-order valence-electron chi connectivity index (χ3n) is 4.89. The number of benzene rings is 3. The van der Waals surface area contributed by atoms with Crippen molar-refractivity contribution in [3.63, 3.8) is 0 Å². The molecule has 1 aliphatic carbocycles. The van der Waals surface area contributed by atoms with Crippen molar-refractivity contribution in [3.05, 3.63) is 65.7 Å². The molecule has 4 rings (SSSR count). The van der Waals surface area contributed by atoms with E-state index in [4.69, 9.17) is 10.7 Å². The summed E-state index contributed by atoms with van der Waals surface area (Å²) in [7, 11) is 1.95. The van der Waals surface area contributed by atoms with E-state index in [2.05, 4.69) is 60.9 Å². The second-order valence-corrected chi connectivity index (χ2v) is 7.19. The number of hydrogen-bond donors (Lipinski definition) is 1. The van der Waals surface area contributed by atoms with Crippen LogP contribution in [0.25, 0.3) is 10.8 Å². The van der Waals surface area contributed by atoms with Crippen molar-refractivity contribution in [3.8, 4) is 0 Å². The summed E-state index contributed by atoms with van der Waals surface area (Å²) < 4.78 is 0. The molecule has 0 amide bonds. The van der Waals surface area contributed by atoms with Crippen LogP contribution in [0.2, 0.25) is 0 Å². The average molecular weight is 347 g/mol. The molecule has 3 aromatic carbocycles. The monoisotopic (exact) mass is 347 g/mol. The molecule has 0 radical (unpaired) electrons. The number of nitrogens with two attached hydrogens (primary N) is 1. The summed E-state index contributed by atoms with van der Waals surface area (Å²) >= 11 is 1.73. The van der Waals surface area contributed by atoms with Crippen molar-refractivity contribution in [2.24, 2.45) is 10.7 Å². The first-order valence-corrected chi connectivity index (χ1v) is 9.65. The number of nitrogens with zero attached hydrogens (tertiary/aromatic N) is 2. The summed E-state index contributed by atoms with van der Waals surface area (Å²) in [4.78, 5) is 7.89. The Kier molecular flexibility index (Phi) is 4.14. The average Bonchev–Trinajstić information content (AvgIpc) is 3.08. The molecule has 1 aliphatic rings. The molecule has 0 atom stereocenters. The van der Waals surface area contributed by atoms with Crippen molar-refractivity contribution >= 4 is 39.9 Å². The van der Waals surface area contributed by atoms with Crippen molar-refractivity contribution in [2.75, 3.05) is 18.2 Å². The highest BCUT2D eigenvalue weighted by atomic mass is 32.2. The van der Waals surface area contributed by atoms with E-state index in [-0.39, 0.29) is 0 Å². The molecule has 0 unspecified atom stereocenters. The quantitative estimate of drug-likeness (QED) is 0.422. The Hall–Kier alpha value is -2.46. The van der Waals surface area contributed by atoms with Gasteiger partial charge in [-0.3, -0.25) is 0 Å². The van der Waals surface area contributed by atoms with E-state index < -0.39 is 0 Å². The molecule has 0 aromatic heterocycles. The zero-order chi connectivity index (χ0) is 17.4. The number of rotatable bonds is 3. The molecule has 4 heteroatoms. The van der Waals surface area contributed by atoms with Gasteiger partial charge < -0.3 is 10.6 Å². The topological polar surface area (TPSA) is 41.6 Å². The van der Waals surface area contributed by atoms with Crippen LogP contribution in [-0.2, 0) is 12.8 Å². The lowest BCUT2D eigenvalue weighted by molar-refractivity contribution is 1.02. The first kappa shape index (κ1) is 16.0. The zero-order valence-electron chi connectivity index (χ0n) is 14.5. The van der Waals surface area contributed by atoms with E-state index >= 15 is 0 Å². The van der Waals surface area contributed by atoms with E-state index in [0.717, 1.165) is 24.2 Å². The van der Waals surface area contributed by atoms with Crippen LogP contribution in [0.1, 0.15) is 11.1 Å². The van der Waals surface area contributed by atoms with Crippen LogP contribution in [0, 0.1) is 0 Å². The van der Waals surface area contributed by atoms with Crippen LogP contribution in [0.5, 0.6) is 0 Å². The standard InChI is InChI=1S/C21H21N3S/c1-24(16-9-11-17(25-2)12-10-16)21(22)23-19-13-8-15-7-6-14-4-3-5-18(19)20(14)15/h3-5,8-13H,6-7H2,1-2H3,(H2,22,23). The first-order chi connectivity index (χ1) is 12.2. The van der Waals surface area contributed by atoms with Gasteiger partial charge in [0.1, 0.15) is 0 Å². The van der Waals surface area contributed by atoms with Gasteiger partial charge in [-0.2, -0.15) is 0 Å².